The van der Waals surface area contributed by atoms with E-state index in [1.165, 1.54) is 14.0 Å². The SMILES string of the molecule is [B]C(=O)N(C)C(C)C(=O)O. The van der Waals surface area contributed by atoms with Crippen molar-refractivity contribution in [2.45, 2.75) is 13.0 Å². The van der Waals surface area contributed by atoms with Crippen LogP contribution in [0.5, 0.6) is 0 Å². The second kappa shape index (κ2) is 3.24. The Balaban J connectivity index is 4.07. The zero-order valence-corrected chi connectivity index (χ0v) is 5.87. The molecule has 0 spiro atoms. The lowest BCUT2D eigenvalue weighted by molar-refractivity contribution is -0.141. The molecule has 54 valence electrons. The van der Waals surface area contributed by atoms with Gasteiger partial charge in [-0.25, -0.2) is 4.79 Å². The highest BCUT2D eigenvalue weighted by atomic mass is 16.4. The number of rotatable bonds is 2. The monoisotopic (exact) mass is 141 g/mol. The summed E-state index contributed by atoms with van der Waals surface area (Å²) in [7, 11) is 6.13. The standard InChI is InChI=1S/C5H8BNO3/c1-3(4(8)9)7(2)5(6)10/h3H,1-2H3,(H,8,9). The molecule has 0 saturated carbocycles. The van der Waals surface area contributed by atoms with E-state index in [-0.39, 0.29) is 0 Å². The molecule has 5 heteroatoms. The molecule has 4 nitrogen and oxygen atoms in total. The van der Waals surface area contributed by atoms with Crippen LogP contribution in [0.2, 0.25) is 0 Å². The van der Waals surface area contributed by atoms with Crippen molar-refractivity contribution in [3.63, 3.8) is 0 Å². The fourth-order valence-corrected chi connectivity index (χ4v) is 0.357. The van der Waals surface area contributed by atoms with Crippen LogP contribution in [-0.2, 0) is 4.79 Å². The van der Waals surface area contributed by atoms with Gasteiger partial charge in [0.1, 0.15) is 6.04 Å². The molecule has 1 atom stereocenters. The Hall–Kier alpha value is -0.995. The highest BCUT2D eigenvalue weighted by Gasteiger charge is 2.17. The van der Waals surface area contributed by atoms with Crippen LogP contribution >= 0.6 is 0 Å². The molecule has 0 aliphatic rings. The first kappa shape index (κ1) is 9.00. The molecule has 1 N–H and O–H groups in total. The first-order chi connectivity index (χ1) is 4.46. The van der Waals surface area contributed by atoms with E-state index in [1.54, 1.807) is 0 Å². The molecule has 0 aromatic rings. The number of amides is 1. The second-order valence-electron chi connectivity index (χ2n) is 1.96. The molecule has 0 aromatic heterocycles. The van der Waals surface area contributed by atoms with E-state index in [9.17, 15) is 9.59 Å². The van der Waals surface area contributed by atoms with Crippen molar-refractivity contribution in [1.82, 2.24) is 4.90 Å². The van der Waals surface area contributed by atoms with E-state index >= 15 is 0 Å². The maximum Gasteiger partial charge on any atom is 0.326 e. The van der Waals surface area contributed by atoms with Gasteiger partial charge in [-0.15, -0.1) is 0 Å². The largest absolute Gasteiger partial charge is 0.480 e. The van der Waals surface area contributed by atoms with Gasteiger partial charge in [0.05, 0.1) is 0 Å². The molecule has 0 aliphatic heterocycles. The van der Waals surface area contributed by atoms with Gasteiger partial charge in [0.25, 0.3) is 0 Å². The molecule has 0 rings (SSSR count). The highest BCUT2D eigenvalue weighted by molar-refractivity contribution is 6.57. The van der Waals surface area contributed by atoms with Crippen molar-refractivity contribution in [2.75, 3.05) is 7.05 Å². The minimum absolute atomic E-state index is 0.741. The molecule has 10 heavy (non-hydrogen) atoms. The van der Waals surface area contributed by atoms with Gasteiger partial charge in [-0.3, -0.25) is 4.79 Å². The third-order valence-electron chi connectivity index (χ3n) is 1.29. The summed E-state index contributed by atoms with van der Waals surface area (Å²) in [5.41, 5.74) is 0. The Morgan fingerprint density at radius 1 is 1.60 bits per heavy atom. The van der Waals surface area contributed by atoms with E-state index in [4.69, 9.17) is 13.0 Å². The molecule has 2 radical (unpaired) electrons. The fraction of sp³-hybridized carbons (Fsp3) is 0.600. The van der Waals surface area contributed by atoms with E-state index in [1.807, 2.05) is 0 Å². The zero-order chi connectivity index (χ0) is 8.31. The van der Waals surface area contributed by atoms with Crippen molar-refractivity contribution in [2.24, 2.45) is 0 Å². The molecule has 0 saturated heterocycles. The van der Waals surface area contributed by atoms with Crippen LogP contribution in [0, 0.1) is 0 Å². The molecule has 0 bridgehead atoms. The smallest absolute Gasteiger partial charge is 0.326 e. The maximum atomic E-state index is 10.3. The van der Waals surface area contributed by atoms with Crippen LogP contribution in [0.4, 0.5) is 4.79 Å². The number of hydrogen-bond donors (Lipinski definition) is 1. The van der Waals surface area contributed by atoms with Crippen LogP contribution in [0.25, 0.3) is 0 Å². The number of nitrogens with zero attached hydrogens (tertiary/aromatic N) is 1. The summed E-state index contributed by atoms with van der Waals surface area (Å²) >= 11 is 0. The molecule has 0 aliphatic carbocycles. The molecule has 0 fully saturated rings. The van der Waals surface area contributed by atoms with Gasteiger partial charge in [-0.1, -0.05) is 0 Å². The maximum absolute atomic E-state index is 10.3. The predicted octanol–water partition coefficient (Wildman–Crippen LogP) is -0.320. The normalized spacial score (nSPS) is 12.2. The van der Waals surface area contributed by atoms with Crippen molar-refractivity contribution < 1.29 is 14.7 Å². The average molecular weight is 141 g/mol. The zero-order valence-electron chi connectivity index (χ0n) is 5.87. The van der Waals surface area contributed by atoms with Crippen molar-refractivity contribution >= 4 is 19.6 Å². The lowest BCUT2D eigenvalue weighted by atomic mass is 10.1. The summed E-state index contributed by atoms with van der Waals surface area (Å²) < 4.78 is 0. The van der Waals surface area contributed by atoms with Crippen molar-refractivity contribution in [3.8, 4) is 0 Å². The minimum Gasteiger partial charge on any atom is -0.480 e. The quantitative estimate of drug-likeness (QED) is 0.536. The summed E-state index contributed by atoms with van der Waals surface area (Å²) in [6, 6.07) is -0.863. The molecule has 1 unspecified atom stereocenters. The summed E-state index contributed by atoms with van der Waals surface area (Å²) in [6.07, 6.45) is 0. The number of likely N-dealkylation sites (N-methyl/N-ethyl adjacent to an activating group) is 1. The van der Waals surface area contributed by atoms with E-state index in [0.29, 0.717) is 0 Å². The Morgan fingerprint density at radius 2 is 2.00 bits per heavy atom. The van der Waals surface area contributed by atoms with E-state index < -0.39 is 17.8 Å². The molecule has 0 aromatic carbocycles. The summed E-state index contributed by atoms with van der Waals surface area (Å²) in [4.78, 5) is 21.5. The van der Waals surface area contributed by atoms with Gasteiger partial charge in [0, 0.05) is 7.05 Å². The lowest BCUT2D eigenvalue weighted by Gasteiger charge is -2.19. The van der Waals surface area contributed by atoms with Crippen molar-refractivity contribution in [1.29, 1.82) is 0 Å². The first-order valence-electron chi connectivity index (χ1n) is 2.72. The lowest BCUT2D eigenvalue weighted by Crippen LogP contribution is -2.39. The molecular weight excluding hydrogens is 133 g/mol. The van der Waals surface area contributed by atoms with E-state index in [2.05, 4.69) is 0 Å². The van der Waals surface area contributed by atoms with Gasteiger partial charge in [-0.05, 0) is 6.92 Å². The second-order valence-corrected chi connectivity index (χ2v) is 1.96. The number of carboxylic acid groups (broad SMARTS) is 1. The van der Waals surface area contributed by atoms with Gasteiger partial charge < -0.3 is 10.0 Å². The number of carbonyl (C=O) groups excluding carboxylic acids is 1. The highest BCUT2D eigenvalue weighted by Crippen LogP contribution is 1.94. The summed E-state index contributed by atoms with van der Waals surface area (Å²) in [5, 5.41) is 8.35. The number of aliphatic carboxylic acids is 1. The van der Waals surface area contributed by atoms with Crippen LogP contribution in [-0.4, -0.2) is 42.7 Å². The van der Waals surface area contributed by atoms with Gasteiger partial charge in [0.15, 0.2) is 5.81 Å². The minimum atomic E-state index is -1.07. The third kappa shape index (κ3) is 2.09. The average Bonchev–Trinajstić information content (AvgIpc) is 1.84. The predicted molar refractivity (Wildman–Crippen MR) is 36.0 cm³/mol. The number of hydrogen-bond acceptors (Lipinski definition) is 2. The Bertz CT molecular complexity index is 141. The number of carbonyl (C=O) groups is 2. The summed E-state index contributed by atoms with van der Waals surface area (Å²) in [6.45, 7) is 1.38. The molecule has 0 heterocycles. The molecular formula is C5H8BNO3. The van der Waals surface area contributed by atoms with Gasteiger partial charge in [0.2, 0.25) is 7.85 Å². The Labute approximate surface area is 60.2 Å². The third-order valence-corrected chi connectivity index (χ3v) is 1.29. The Morgan fingerprint density at radius 3 is 2.10 bits per heavy atom. The van der Waals surface area contributed by atoms with Crippen LogP contribution in [0.1, 0.15) is 6.92 Å². The summed E-state index contributed by atoms with van der Waals surface area (Å²) in [5.74, 6) is -1.81. The van der Waals surface area contributed by atoms with E-state index in [0.717, 1.165) is 4.90 Å². The molecule has 1 amide bonds. The topological polar surface area (TPSA) is 57.6 Å². The van der Waals surface area contributed by atoms with Crippen LogP contribution in [0.15, 0.2) is 0 Å². The van der Waals surface area contributed by atoms with Crippen molar-refractivity contribution in [3.05, 3.63) is 0 Å². The fourth-order valence-electron chi connectivity index (χ4n) is 0.357. The van der Waals surface area contributed by atoms with Gasteiger partial charge >= 0.3 is 5.97 Å². The van der Waals surface area contributed by atoms with Crippen LogP contribution < -0.4 is 0 Å². The number of carboxylic acids is 1. The van der Waals surface area contributed by atoms with Gasteiger partial charge in [-0.2, -0.15) is 0 Å². The Kier molecular flexibility index (Phi) is 2.92. The van der Waals surface area contributed by atoms with Crippen LogP contribution in [0.3, 0.4) is 0 Å². The first-order valence-corrected chi connectivity index (χ1v) is 2.72.